The molecule has 6 heteroatoms. The summed E-state index contributed by atoms with van der Waals surface area (Å²) in [5.41, 5.74) is 1.52. The van der Waals surface area contributed by atoms with E-state index in [0.717, 1.165) is 5.56 Å². The van der Waals surface area contributed by atoms with E-state index in [0.29, 0.717) is 29.4 Å². The third-order valence-electron chi connectivity index (χ3n) is 2.86. The van der Waals surface area contributed by atoms with Crippen LogP contribution in [0.4, 0.5) is 0 Å². The van der Waals surface area contributed by atoms with Crippen LogP contribution in [0.25, 0.3) is 11.3 Å². The van der Waals surface area contributed by atoms with E-state index in [1.165, 1.54) is 12.5 Å². The maximum atomic E-state index is 12.0. The van der Waals surface area contributed by atoms with Crippen molar-refractivity contribution in [1.29, 1.82) is 0 Å². The highest BCUT2D eigenvalue weighted by Gasteiger charge is 2.17. The molecule has 6 nitrogen and oxygen atoms in total. The van der Waals surface area contributed by atoms with Crippen LogP contribution in [0.1, 0.15) is 17.3 Å². The molecular formula is C15H16N2O4. The monoisotopic (exact) mass is 288 g/mol. The molecule has 1 heterocycles. The summed E-state index contributed by atoms with van der Waals surface area (Å²) < 4.78 is 15.5. The zero-order valence-electron chi connectivity index (χ0n) is 12.1. The van der Waals surface area contributed by atoms with E-state index in [1.54, 1.807) is 39.3 Å². The molecule has 0 atom stereocenters. The van der Waals surface area contributed by atoms with Gasteiger partial charge in [-0.15, -0.1) is 0 Å². The lowest BCUT2D eigenvalue weighted by Gasteiger charge is -2.11. The van der Waals surface area contributed by atoms with Crippen LogP contribution in [0.15, 0.2) is 30.7 Å². The van der Waals surface area contributed by atoms with Crippen LogP contribution in [-0.2, 0) is 4.74 Å². The summed E-state index contributed by atoms with van der Waals surface area (Å²) in [5.74, 6) is 0.708. The fourth-order valence-corrected chi connectivity index (χ4v) is 1.90. The molecule has 0 spiro atoms. The van der Waals surface area contributed by atoms with Crippen LogP contribution in [-0.4, -0.2) is 36.8 Å². The highest BCUT2D eigenvalue weighted by atomic mass is 16.5. The Balaban J connectivity index is 2.49. The van der Waals surface area contributed by atoms with Crippen LogP contribution < -0.4 is 9.47 Å². The maximum absolute atomic E-state index is 12.0. The third kappa shape index (κ3) is 3.10. The Kier molecular flexibility index (Phi) is 4.71. The fraction of sp³-hybridized carbons (Fsp3) is 0.267. The number of ether oxygens (including phenoxy) is 3. The average molecular weight is 288 g/mol. The molecule has 0 aliphatic heterocycles. The van der Waals surface area contributed by atoms with Gasteiger partial charge < -0.3 is 14.2 Å². The number of rotatable bonds is 5. The minimum Gasteiger partial charge on any atom is -0.493 e. The number of carbonyl (C=O) groups excluding carboxylic acids is 1. The van der Waals surface area contributed by atoms with Gasteiger partial charge in [0.25, 0.3) is 0 Å². The minimum absolute atomic E-state index is 0.291. The zero-order valence-corrected chi connectivity index (χ0v) is 12.1. The lowest BCUT2D eigenvalue weighted by Crippen LogP contribution is -2.08. The first-order valence-electron chi connectivity index (χ1n) is 6.40. The van der Waals surface area contributed by atoms with Crippen LogP contribution >= 0.6 is 0 Å². The first-order valence-corrected chi connectivity index (χ1v) is 6.40. The molecule has 2 rings (SSSR count). The van der Waals surface area contributed by atoms with E-state index in [4.69, 9.17) is 14.2 Å². The van der Waals surface area contributed by atoms with Crippen LogP contribution in [0.3, 0.4) is 0 Å². The number of nitrogens with zero attached hydrogens (tertiary/aromatic N) is 2. The summed E-state index contributed by atoms with van der Waals surface area (Å²) in [5, 5.41) is 0. The van der Waals surface area contributed by atoms with Gasteiger partial charge in [-0.2, -0.15) is 0 Å². The largest absolute Gasteiger partial charge is 0.493 e. The summed E-state index contributed by atoms with van der Waals surface area (Å²) in [7, 11) is 3.11. The van der Waals surface area contributed by atoms with E-state index in [-0.39, 0.29) is 0 Å². The van der Waals surface area contributed by atoms with Gasteiger partial charge in [0, 0.05) is 11.8 Å². The van der Waals surface area contributed by atoms with E-state index in [9.17, 15) is 4.79 Å². The van der Waals surface area contributed by atoms with E-state index >= 15 is 0 Å². The van der Waals surface area contributed by atoms with Crippen molar-refractivity contribution < 1.29 is 19.0 Å². The van der Waals surface area contributed by atoms with Crippen LogP contribution in [0.5, 0.6) is 11.5 Å². The molecule has 0 saturated carbocycles. The van der Waals surface area contributed by atoms with Gasteiger partial charge >= 0.3 is 5.97 Å². The predicted octanol–water partition coefficient (Wildman–Crippen LogP) is 2.34. The predicted molar refractivity (Wildman–Crippen MR) is 76.5 cm³/mol. The van der Waals surface area contributed by atoms with Gasteiger partial charge in [0.05, 0.1) is 26.5 Å². The van der Waals surface area contributed by atoms with Crippen molar-refractivity contribution in [3.05, 3.63) is 36.3 Å². The first-order chi connectivity index (χ1) is 10.2. The van der Waals surface area contributed by atoms with Crippen molar-refractivity contribution in [1.82, 2.24) is 9.97 Å². The van der Waals surface area contributed by atoms with Crippen molar-refractivity contribution in [2.24, 2.45) is 0 Å². The van der Waals surface area contributed by atoms with Crippen LogP contribution in [0.2, 0.25) is 0 Å². The number of aromatic nitrogens is 2. The topological polar surface area (TPSA) is 70.5 Å². The Labute approximate surface area is 122 Å². The molecule has 0 bridgehead atoms. The van der Waals surface area contributed by atoms with Crippen molar-refractivity contribution in [3.63, 3.8) is 0 Å². The number of esters is 1. The first kappa shape index (κ1) is 14.8. The number of benzene rings is 1. The molecule has 1 aromatic carbocycles. The van der Waals surface area contributed by atoms with E-state index < -0.39 is 5.97 Å². The van der Waals surface area contributed by atoms with Gasteiger partial charge in [-0.25, -0.2) is 14.8 Å². The molecule has 0 aliphatic rings. The normalized spacial score (nSPS) is 10.0. The second-order valence-electron chi connectivity index (χ2n) is 4.08. The van der Waals surface area contributed by atoms with Crippen molar-refractivity contribution in [2.75, 3.05) is 20.8 Å². The van der Waals surface area contributed by atoms with Gasteiger partial charge in [0.15, 0.2) is 11.5 Å². The Morgan fingerprint density at radius 2 is 1.95 bits per heavy atom. The summed E-state index contributed by atoms with van der Waals surface area (Å²) >= 11 is 0. The Morgan fingerprint density at radius 3 is 2.62 bits per heavy atom. The second-order valence-corrected chi connectivity index (χ2v) is 4.08. The van der Waals surface area contributed by atoms with Gasteiger partial charge in [-0.05, 0) is 25.1 Å². The highest BCUT2D eigenvalue weighted by Crippen LogP contribution is 2.32. The smallest absolute Gasteiger partial charge is 0.341 e. The minimum atomic E-state index is -0.456. The Morgan fingerprint density at radius 1 is 1.19 bits per heavy atom. The van der Waals surface area contributed by atoms with E-state index in [2.05, 4.69) is 9.97 Å². The molecule has 110 valence electrons. The SMILES string of the molecule is CCOC(=O)c1cncnc1-c1ccc(OC)c(OC)c1. The van der Waals surface area contributed by atoms with Crippen LogP contribution in [0, 0.1) is 0 Å². The summed E-state index contributed by atoms with van der Waals surface area (Å²) in [4.78, 5) is 20.0. The molecule has 21 heavy (non-hydrogen) atoms. The van der Waals surface area contributed by atoms with Crippen molar-refractivity contribution in [3.8, 4) is 22.8 Å². The molecule has 0 aliphatic carbocycles. The summed E-state index contributed by atoms with van der Waals surface area (Å²) in [6, 6.07) is 5.31. The van der Waals surface area contributed by atoms with Gasteiger partial charge in [-0.1, -0.05) is 0 Å². The number of carbonyl (C=O) groups is 1. The number of hydrogen-bond acceptors (Lipinski definition) is 6. The van der Waals surface area contributed by atoms with Gasteiger partial charge in [0.2, 0.25) is 0 Å². The molecule has 0 N–H and O–H groups in total. The zero-order chi connectivity index (χ0) is 15.2. The Hall–Kier alpha value is -2.63. The maximum Gasteiger partial charge on any atom is 0.341 e. The standard InChI is InChI=1S/C15H16N2O4/c1-4-21-15(18)11-8-16-9-17-14(11)10-5-6-12(19-2)13(7-10)20-3/h5-9H,4H2,1-3H3. The summed E-state index contributed by atoms with van der Waals surface area (Å²) in [6.45, 7) is 2.04. The summed E-state index contributed by atoms with van der Waals surface area (Å²) in [6.07, 6.45) is 2.83. The Bertz CT molecular complexity index is 643. The molecule has 1 aromatic heterocycles. The quantitative estimate of drug-likeness (QED) is 0.786. The fourth-order valence-electron chi connectivity index (χ4n) is 1.90. The molecule has 0 fully saturated rings. The number of hydrogen-bond donors (Lipinski definition) is 0. The molecule has 0 unspecified atom stereocenters. The lowest BCUT2D eigenvalue weighted by atomic mass is 10.1. The molecule has 0 amide bonds. The van der Waals surface area contributed by atoms with E-state index in [1.807, 2.05) is 0 Å². The van der Waals surface area contributed by atoms with Gasteiger partial charge in [0.1, 0.15) is 11.9 Å². The molecular weight excluding hydrogens is 272 g/mol. The molecule has 2 aromatic rings. The average Bonchev–Trinajstić information content (AvgIpc) is 2.54. The van der Waals surface area contributed by atoms with Crippen molar-refractivity contribution in [2.45, 2.75) is 6.92 Å². The molecule has 0 radical (unpaired) electrons. The van der Waals surface area contributed by atoms with Crippen molar-refractivity contribution >= 4 is 5.97 Å². The second kappa shape index (κ2) is 6.69. The third-order valence-corrected chi connectivity index (χ3v) is 2.86. The van der Waals surface area contributed by atoms with Gasteiger partial charge in [-0.3, -0.25) is 0 Å². The highest BCUT2D eigenvalue weighted by molar-refractivity contribution is 5.95. The number of methoxy groups -OCH3 is 2. The molecule has 0 saturated heterocycles. The lowest BCUT2D eigenvalue weighted by molar-refractivity contribution is 0.0526.